The zero-order chi connectivity index (χ0) is 29.4. The molecule has 0 saturated carbocycles. The van der Waals surface area contributed by atoms with Gasteiger partial charge in [0.15, 0.2) is 19.9 Å². The first kappa shape index (κ1) is 29.5. The molecule has 5 rings (SSSR count). The van der Waals surface area contributed by atoms with Crippen LogP contribution >= 0.6 is 15.9 Å². The van der Waals surface area contributed by atoms with Gasteiger partial charge < -0.3 is 23.2 Å². The van der Waals surface area contributed by atoms with Crippen LogP contribution in [0, 0.1) is 0 Å². The highest BCUT2D eigenvalue weighted by Gasteiger charge is 2.45. The number of aromatic nitrogens is 1. The quantitative estimate of drug-likeness (QED) is 0.262. The van der Waals surface area contributed by atoms with Crippen LogP contribution in [0.5, 0.6) is 5.75 Å². The molecular formula is C32H42BrNO5Si. The Morgan fingerprint density at radius 3 is 2.30 bits per heavy atom. The molecule has 2 aliphatic rings. The van der Waals surface area contributed by atoms with Crippen LogP contribution in [0.2, 0.25) is 18.1 Å². The van der Waals surface area contributed by atoms with Gasteiger partial charge in [-0.1, -0.05) is 56.6 Å². The molecule has 1 fully saturated rings. The number of rotatable bonds is 6. The maximum atomic E-state index is 13.8. The molecule has 1 saturated heterocycles. The number of hydrogen-bond donors (Lipinski definition) is 0. The lowest BCUT2D eigenvalue weighted by Gasteiger charge is -2.37. The van der Waals surface area contributed by atoms with Crippen molar-refractivity contribution in [1.29, 1.82) is 0 Å². The summed E-state index contributed by atoms with van der Waals surface area (Å²) >= 11 is 3.59. The SMILES string of the molecule is Cn1c2c(c3ccc(Br)cc31)C(=O)c1ccc(OCC3OC(C)(C)OC3CO[Si](C)(C)C(C)(C)C)cc1C2(C)C. The van der Waals surface area contributed by atoms with Gasteiger partial charge in [0, 0.05) is 39.1 Å². The predicted octanol–water partition coefficient (Wildman–Crippen LogP) is 7.73. The van der Waals surface area contributed by atoms with E-state index in [4.69, 9.17) is 18.6 Å². The molecule has 40 heavy (non-hydrogen) atoms. The van der Waals surface area contributed by atoms with Crippen molar-refractivity contribution in [3.05, 3.63) is 63.3 Å². The normalized spacial score (nSPS) is 21.9. The topological polar surface area (TPSA) is 58.9 Å². The summed E-state index contributed by atoms with van der Waals surface area (Å²) in [5.41, 5.74) is 4.15. The van der Waals surface area contributed by atoms with E-state index in [9.17, 15) is 4.79 Å². The molecule has 6 nitrogen and oxygen atoms in total. The fourth-order valence-electron chi connectivity index (χ4n) is 5.84. The molecule has 1 aliphatic heterocycles. The van der Waals surface area contributed by atoms with Gasteiger partial charge in [0.05, 0.1) is 12.2 Å². The molecule has 0 spiro atoms. The van der Waals surface area contributed by atoms with Crippen LogP contribution in [0.3, 0.4) is 0 Å². The summed E-state index contributed by atoms with van der Waals surface area (Å²) in [5, 5.41) is 1.10. The zero-order valence-corrected chi connectivity index (χ0v) is 28.0. The van der Waals surface area contributed by atoms with Crippen molar-refractivity contribution in [2.75, 3.05) is 13.2 Å². The summed E-state index contributed by atoms with van der Waals surface area (Å²) in [5.74, 6) is 0.0579. The van der Waals surface area contributed by atoms with Gasteiger partial charge in [-0.15, -0.1) is 0 Å². The van der Waals surface area contributed by atoms with Crippen LogP contribution in [-0.2, 0) is 26.4 Å². The van der Waals surface area contributed by atoms with Crippen molar-refractivity contribution in [2.45, 2.75) is 90.0 Å². The highest BCUT2D eigenvalue weighted by molar-refractivity contribution is 9.10. The second-order valence-electron chi connectivity index (χ2n) is 13.7. The van der Waals surface area contributed by atoms with Gasteiger partial charge in [0.25, 0.3) is 0 Å². The van der Waals surface area contributed by atoms with Gasteiger partial charge >= 0.3 is 0 Å². The molecule has 0 amide bonds. The third-order valence-electron chi connectivity index (χ3n) is 9.00. The monoisotopic (exact) mass is 627 g/mol. The van der Waals surface area contributed by atoms with Crippen LogP contribution in [-0.4, -0.2) is 49.9 Å². The molecule has 2 aromatic carbocycles. The molecule has 0 bridgehead atoms. The van der Waals surface area contributed by atoms with E-state index in [1.54, 1.807) is 0 Å². The summed E-state index contributed by atoms with van der Waals surface area (Å²) < 4.78 is 28.4. The minimum atomic E-state index is -1.94. The lowest BCUT2D eigenvalue weighted by atomic mass is 9.71. The molecule has 3 aromatic rings. The van der Waals surface area contributed by atoms with E-state index in [0.29, 0.717) is 19.0 Å². The summed E-state index contributed by atoms with van der Waals surface area (Å²) in [6, 6.07) is 11.9. The zero-order valence-electron chi connectivity index (χ0n) is 25.4. The molecule has 0 N–H and O–H groups in total. The molecule has 0 radical (unpaired) electrons. The van der Waals surface area contributed by atoms with Gasteiger partial charge in [0.1, 0.15) is 24.6 Å². The van der Waals surface area contributed by atoms with E-state index in [1.807, 2.05) is 51.2 Å². The Balaban J connectivity index is 1.39. The van der Waals surface area contributed by atoms with Crippen molar-refractivity contribution in [3.63, 3.8) is 0 Å². The fourth-order valence-corrected chi connectivity index (χ4v) is 7.20. The predicted molar refractivity (Wildman–Crippen MR) is 165 cm³/mol. The highest BCUT2D eigenvalue weighted by Crippen LogP contribution is 2.46. The Kier molecular flexibility index (Phi) is 7.23. The smallest absolute Gasteiger partial charge is 0.195 e. The van der Waals surface area contributed by atoms with Crippen LogP contribution in [0.4, 0.5) is 0 Å². The number of halogens is 1. The fraction of sp³-hybridized carbons (Fsp3) is 0.531. The number of hydrogen-bond acceptors (Lipinski definition) is 5. The Labute approximate surface area is 247 Å². The van der Waals surface area contributed by atoms with E-state index in [2.05, 4.69) is 74.3 Å². The first-order chi connectivity index (χ1) is 18.4. The average Bonchev–Trinajstić information content (AvgIpc) is 3.32. The van der Waals surface area contributed by atoms with Crippen molar-refractivity contribution >= 4 is 40.9 Å². The minimum absolute atomic E-state index is 0.0564. The molecule has 216 valence electrons. The Morgan fingerprint density at radius 2 is 1.65 bits per heavy atom. The third kappa shape index (κ3) is 5.00. The van der Waals surface area contributed by atoms with Gasteiger partial charge in [-0.05, 0) is 67.9 Å². The summed E-state index contributed by atoms with van der Waals surface area (Å²) in [7, 11) is 0.104. The summed E-state index contributed by atoms with van der Waals surface area (Å²) in [4.78, 5) is 13.8. The van der Waals surface area contributed by atoms with Gasteiger partial charge in [-0.25, -0.2) is 0 Å². The average molecular weight is 629 g/mol. The molecule has 8 heteroatoms. The van der Waals surface area contributed by atoms with Crippen molar-refractivity contribution in [3.8, 4) is 5.75 Å². The van der Waals surface area contributed by atoms with E-state index < -0.39 is 19.5 Å². The number of carbonyl (C=O) groups excluding carboxylic acids is 1. The molecule has 2 unspecified atom stereocenters. The lowest BCUT2D eigenvalue weighted by Crippen LogP contribution is -2.44. The van der Waals surface area contributed by atoms with E-state index in [-0.39, 0.29) is 23.0 Å². The number of nitrogens with zero attached hydrogens (tertiary/aromatic N) is 1. The van der Waals surface area contributed by atoms with E-state index in [1.165, 1.54) is 0 Å². The maximum absolute atomic E-state index is 13.8. The standard InChI is InChI=1S/C32H42BrNO5Si/c1-30(2,3)40(9,10)37-18-26-25(38-32(6,7)39-26)17-36-20-12-14-21-23(16-20)31(4,5)29-27(28(21)35)22-13-11-19(33)15-24(22)34(29)8/h11-16,25-26H,17-18H2,1-10H3. The maximum Gasteiger partial charge on any atom is 0.195 e. The third-order valence-corrected chi connectivity index (χ3v) is 14.0. The van der Waals surface area contributed by atoms with E-state index in [0.717, 1.165) is 37.8 Å². The number of carbonyl (C=O) groups is 1. The van der Waals surface area contributed by atoms with Gasteiger partial charge in [-0.3, -0.25) is 4.79 Å². The van der Waals surface area contributed by atoms with Crippen LogP contribution in [0.25, 0.3) is 10.9 Å². The van der Waals surface area contributed by atoms with Crippen molar-refractivity contribution < 1.29 is 23.4 Å². The van der Waals surface area contributed by atoms with Crippen LogP contribution in [0.15, 0.2) is 40.9 Å². The molecule has 1 aliphatic carbocycles. The van der Waals surface area contributed by atoms with Crippen molar-refractivity contribution in [1.82, 2.24) is 4.57 Å². The first-order valence-corrected chi connectivity index (χ1v) is 17.7. The number of fused-ring (bicyclic) bond motifs is 4. The van der Waals surface area contributed by atoms with Crippen molar-refractivity contribution in [2.24, 2.45) is 7.05 Å². The van der Waals surface area contributed by atoms with Gasteiger partial charge in [0.2, 0.25) is 0 Å². The van der Waals surface area contributed by atoms with E-state index >= 15 is 0 Å². The van der Waals surface area contributed by atoms with Crippen LogP contribution < -0.4 is 4.74 Å². The Hall–Kier alpha value is -1.97. The molecule has 2 heterocycles. The number of benzene rings is 2. The molecular weight excluding hydrogens is 586 g/mol. The van der Waals surface area contributed by atoms with Gasteiger partial charge in [-0.2, -0.15) is 0 Å². The minimum Gasteiger partial charge on any atom is -0.491 e. The Bertz CT molecular complexity index is 1480. The number of aryl methyl sites for hydroxylation is 1. The second kappa shape index (κ2) is 9.80. The summed E-state index contributed by atoms with van der Waals surface area (Å²) in [6.07, 6.45) is -0.494. The molecule has 2 atom stereocenters. The largest absolute Gasteiger partial charge is 0.491 e. The Morgan fingerprint density at radius 1 is 1.00 bits per heavy atom. The molecule has 1 aromatic heterocycles. The first-order valence-electron chi connectivity index (χ1n) is 14.0. The number of ketones is 1. The summed E-state index contributed by atoms with van der Waals surface area (Å²) in [6.45, 7) is 20.2. The second-order valence-corrected chi connectivity index (χ2v) is 19.4. The van der Waals surface area contributed by atoms with Crippen LogP contribution in [0.1, 0.15) is 75.6 Å². The highest BCUT2D eigenvalue weighted by atomic mass is 79.9. The lowest BCUT2D eigenvalue weighted by molar-refractivity contribution is -0.150. The number of ether oxygens (including phenoxy) is 3.